The molecule has 4 nitrogen and oxygen atoms in total. The molecule has 6 rings (SSSR count). The molecule has 1 aromatic heterocycles. The number of hydrogen-bond donors (Lipinski definition) is 3. The summed E-state index contributed by atoms with van der Waals surface area (Å²) >= 11 is 0. The van der Waals surface area contributed by atoms with Gasteiger partial charge in [0.05, 0.1) is 12.7 Å². The zero-order valence-electron chi connectivity index (χ0n) is 26.0. The van der Waals surface area contributed by atoms with E-state index in [1.807, 2.05) is 12.1 Å². The van der Waals surface area contributed by atoms with Crippen molar-refractivity contribution in [1.29, 1.82) is 0 Å². The molecule has 3 N–H and O–H groups in total. The van der Waals surface area contributed by atoms with Gasteiger partial charge in [0.15, 0.2) is 18.9 Å². The van der Waals surface area contributed by atoms with E-state index < -0.39 is 0 Å². The number of fused-ring (bicyclic) bond motifs is 7. The van der Waals surface area contributed by atoms with Crippen LogP contribution in [-0.4, -0.2) is 28.0 Å². The Morgan fingerprint density at radius 3 is 2.40 bits per heavy atom. The minimum absolute atomic E-state index is 0.00994. The fourth-order valence-corrected chi connectivity index (χ4v) is 12.6. The monoisotopic (exact) mass is 550 g/mol. The van der Waals surface area contributed by atoms with Gasteiger partial charge in [-0.3, -0.25) is 0 Å². The molecule has 10 atom stereocenters. The largest absolute Gasteiger partial charge is 0.396 e. The Morgan fingerprint density at radius 1 is 0.900 bits per heavy atom. The van der Waals surface area contributed by atoms with Gasteiger partial charge >= 0.3 is 0 Å². The highest BCUT2D eigenvalue weighted by molar-refractivity contribution is 5.22. The van der Waals surface area contributed by atoms with E-state index in [0.717, 1.165) is 44.2 Å². The highest BCUT2D eigenvalue weighted by Crippen LogP contribution is 2.77. The Hall–Kier alpha value is -1.23. The Balaban J connectivity index is 1.33. The molecule has 5 aliphatic rings. The Kier molecular flexibility index (Phi) is 6.96. The maximum atomic E-state index is 11.0. The molecule has 0 amide bonds. The van der Waals surface area contributed by atoms with Crippen LogP contribution in [0.4, 0.5) is 0 Å². The Labute approximate surface area is 243 Å². The summed E-state index contributed by atoms with van der Waals surface area (Å²) in [5, 5.41) is 31.6. The maximum Gasteiger partial charge on any atom is 0.174 e. The van der Waals surface area contributed by atoms with E-state index in [2.05, 4.69) is 51.6 Å². The summed E-state index contributed by atoms with van der Waals surface area (Å²) in [6.45, 7) is 18.5. The van der Waals surface area contributed by atoms with Crippen LogP contribution in [-0.2, 0) is 13.2 Å². The third-order valence-corrected chi connectivity index (χ3v) is 14.9. The molecule has 4 heteroatoms. The van der Waals surface area contributed by atoms with Crippen LogP contribution >= 0.6 is 0 Å². The lowest BCUT2D eigenvalue weighted by Crippen LogP contribution is -2.66. The van der Waals surface area contributed by atoms with Crippen molar-refractivity contribution in [3.05, 3.63) is 42.2 Å². The average Bonchev–Trinajstić information content (AvgIpc) is 3.32. The van der Waals surface area contributed by atoms with Crippen LogP contribution in [0.1, 0.15) is 104 Å². The van der Waals surface area contributed by atoms with Crippen molar-refractivity contribution < 1.29 is 19.9 Å². The number of aromatic nitrogens is 1. The molecule has 4 unspecified atom stereocenters. The van der Waals surface area contributed by atoms with Crippen molar-refractivity contribution in [1.82, 2.24) is 0 Å². The smallest absolute Gasteiger partial charge is 0.174 e. The van der Waals surface area contributed by atoms with Crippen molar-refractivity contribution in [2.24, 2.45) is 56.7 Å². The van der Waals surface area contributed by atoms with Crippen LogP contribution in [0.15, 0.2) is 36.7 Å². The molecule has 5 saturated carbocycles. The summed E-state index contributed by atoms with van der Waals surface area (Å²) in [6, 6.07) is 3.99. The van der Waals surface area contributed by atoms with Gasteiger partial charge in [0.25, 0.3) is 0 Å². The van der Waals surface area contributed by atoms with E-state index in [-0.39, 0.29) is 29.0 Å². The van der Waals surface area contributed by atoms with E-state index >= 15 is 0 Å². The normalized spacial score (nSPS) is 47.5. The number of pyridine rings is 1. The molecule has 1 aromatic rings. The first-order valence-corrected chi connectivity index (χ1v) is 16.4. The molecule has 0 bridgehead atoms. The topological polar surface area (TPSA) is 64.6 Å². The van der Waals surface area contributed by atoms with Crippen molar-refractivity contribution >= 4 is 0 Å². The number of aliphatic hydroxyl groups excluding tert-OH is 3. The number of nitrogens with zero attached hydrogens (tertiary/aromatic N) is 1. The zero-order chi connectivity index (χ0) is 28.7. The van der Waals surface area contributed by atoms with Crippen molar-refractivity contribution in [3.8, 4) is 0 Å². The predicted octanol–water partition coefficient (Wildman–Crippen LogP) is 6.46. The standard InChI is InChI=1S/C36H56NO3/c1-24(20-37-19-7-8-25(21-37)22-38)26-11-16-36(23-39)18-17-34(5)27(31(26)36)9-10-29-33(4)14-13-30(40)32(2,3)28(33)12-15-35(29,34)6/h7-8,19,21,26-31,38-40H,1,9-18,20,22-23H2,2-6H3/q+1/t26-,27?,28?,29?,30-,31?,33-,34+,35+,36+/m0/s1. The zero-order valence-corrected chi connectivity index (χ0v) is 26.0. The molecule has 40 heavy (non-hydrogen) atoms. The van der Waals surface area contributed by atoms with Gasteiger partial charge in [-0.1, -0.05) is 41.2 Å². The first-order chi connectivity index (χ1) is 18.9. The molecule has 5 fully saturated rings. The summed E-state index contributed by atoms with van der Waals surface area (Å²) in [7, 11) is 0. The summed E-state index contributed by atoms with van der Waals surface area (Å²) in [6.07, 6.45) is 15.8. The first kappa shape index (κ1) is 28.9. The first-order valence-electron chi connectivity index (χ1n) is 16.4. The molecular formula is C36H56NO3+. The van der Waals surface area contributed by atoms with E-state index in [4.69, 9.17) is 6.58 Å². The van der Waals surface area contributed by atoms with E-state index in [0.29, 0.717) is 47.0 Å². The number of rotatable bonds is 5. The molecule has 0 aliphatic heterocycles. The molecule has 0 radical (unpaired) electrons. The van der Waals surface area contributed by atoms with Crippen LogP contribution in [0.2, 0.25) is 0 Å². The van der Waals surface area contributed by atoms with Gasteiger partial charge in [0, 0.05) is 18.2 Å². The minimum Gasteiger partial charge on any atom is -0.396 e. The van der Waals surface area contributed by atoms with Gasteiger partial charge in [0.1, 0.15) is 0 Å². The van der Waals surface area contributed by atoms with Crippen molar-refractivity contribution in [2.45, 2.75) is 118 Å². The van der Waals surface area contributed by atoms with E-state index in [1.165, 1.54) is 37.7 Å². The summed E-state index contributed by atoms with van der Waals surface area (Å²) in [5.74, 6) is 2.85. The van der Waals surface area contributed by atoms with Crippen molar-refractivity contribution in [3.63, 3.8) is 0 Å². The fourth-order valence-electron chi connectivity index (χ4n) is 12.6. The molecule has 0 spiro atoms. The Morgan fingerprint density at radius 2 is 1.68 bits per heavy atom. The van der Waals surface area contributed by atoms with Crippen LogP contribution in [0, 0.1) is 56.7 Å². The second-order valence-corrected chi connectivity index (χ2v) is 16.4. The lowest BCUT2D eigenvalue weighted by Gasteiger charge is -2.73. The number of allylic oxidation sites excluding steroid dienone is 1. The van der Waals surface area contributed by atoms with E-state index in [9.17, 15) is 15.3 Å². The quantitative estimate of drug-likeness (QED) is 0.291. The van der Waals surface area contributed by atoms with Crippen molar-refractivity contribution in [2.75, 3.05) is 6.61 Å². The third-order valence-electron chi connectivity index (χ3n) is 14.9. The molecule has 1 heterocycles. The number of aliphatic hydroxyl groups is 3. The second-order valence-electron chi connectivity index (χ2n) is 16.4. The van der Waals surface area contributed by atoms with E-state index in [1.54, 1.807) is 0 Å². The van der Waals surface area contributed by atoms with Gasteiger partial charge < -0.3 is 15.3 Å². The molecule has 5 aliphatic carbocycles. The van der Waals surface area contributed by atoms with Gasteiger partial charge in [-0.15, -0.1) is 0 Å². The molecule has 0 aromatic carbocycles. The van der Waals surface area contributed by atoms with Crippen LogP contribution in [0.3, 0.4) is 0 Å². The number of hydrogen-bond acceptors (Lipinski definition) is 3. The van der Waals surface area contributed by atoms with Crippen LogP contribution in [0.25, 0.3) is 0 Å². The average molecular weight is 551 g/mol. The van der Waals surface area contributed by atoms with Gasteiger partial charge in [-0.05, 0) is 133 Å². The van der Waals surface area contributed by atoms with Gasteiger partial charge in [-0.2, -0.15) is 0 Å². The highest BCUT2D eigenvalue weighted by Gasteiger charge is 2.70. The SMILES string of the molecule is C=C(C[n+]1cccc(CO)c1)[C@@H]1CC[C@]2(CO)CC[C@]3(C)C(CCC4[C@@]5(C)CC[C@H](O)C(C)(C)C5CC[C@]43C)C12. The maximum absolute atomic E-state index is 11.0. The highest BCUT2D eigenvalue weighted by atomic mass is 16.3. The summed E-state index contributed by atoms with van der Waals surface area (Å²) < 4.78 is 2.19. The Bertz CT molecular complexity index is 1150. The molecule has 0 saturated heterocycles. The predicted molar refractivity (Wildman–Crippen MR) is 159 cm³/mol. The van der Waals surface area contributed by atoms with Gasteiger partial charge in [-0.25, -0.2) is 4.57 Å². The third kappa shape index (κ3) is 3.83. The van der Waals surface area contributed by atoms with Crippen LogP contribution < -0.4 is 4.57 Å². The minimum atomic E-state index is -0.178. The molecular weight excluding hydrogens is 494 g/mol. The lowest BCUT2D eigenvalue weighted by molar-refractivity contribution is -0.690. The molecule has 222 valence electrons. The fraction of sp³-hybridized carbons (Fsp3) is 0.806. The van der Waals surface area contributed by atoms with Crippen LogP contribution in [0.5, 0.6) is 0 Å². The summed E-state index contributed by atoms with van der Waals surface area (Å²) in [4.78, 5) is 0. The van der Waals surface area contributed by atoms with Gasteiger partial charge in [0.2, 0.25) is 0 Å². The summed E-state index contributed by atoms with van der Waals surface area (Å²) in [5.41, 5.74) is 3.12. The lowest BCUT2D eigenvalue weighted by atomic mass is 9.32. The second kappa shape index (κ2) is 9.64.